The highest BCUT2D eigenvalue weighted by Crippen LogP contribution is 2.38. The van der Waals surface area contributed by atoms with Gasteiger partial charge < -0.3 is 11.1 Å². The Labute approximate surface area is 150 Å². The number of halogens is 1. The van der Waals surface area contributed by atoms with Crippen LogP contribution < -0.4 is 15.8 Å². The van der Waals surface area contributed by atoms with Crippen LogP contribution in [-0.4, -0.2) is 27.5 Å². The van der Waals surface area contributed by atoms with Crippen LogP contribution in [-0.2, 0) is 0 Å². The number of H-pyrrole nitrogens is 1. The quantitative estimate of drug-likeness (QED) is 0.477. The minimum Gasteiger partial charge on any atom is -0.368 e. The van der Waals surface area contributed by atoms with Gasteiger partial charge in [-0.15, -0.1) is 5.10 Å². The molecule has 24 heavy (non-hydrogen) atoms. The summed E-state index contributed by atoms with van der Waals surface area (Å²) in [4.78, 5) is 4.04. The molecule has 3 rings (SSSR count). The molecule has 2 aromatic rings. The van der Waals surface area contributed by atoms with Gasteiger partial charge in [0.05, 0.1) is 0 Å². The minimum absolute atomic E-state index is 0.276. The fourth-order valence-corrected chi connectivity index (χ4v) is 4.17. The van der Waals surface area contributed by atoms with Crippen molar-refractivity contribution in [3.8, 4) is 0 Å². The molecule has 6 nitrogen and oxygen atoms in total. The van der Waals surface area contributed by atoms with Crippen LogP contribution in [0.4, 0.5) is 17.6 Å². The van der Waals surface area contributed by atoms with Crippen molar-refractivity contribution in [2.75, 3.05) is 18.1 Å². The van der Waals surface area contributed by atoms with Crippen molar-refractivity contribution >= 4 is 41.1 Å². The molecule has 0 spiro atoms. The Bertz CT molecular complexity index is 721. The molecule has 1 aliphatic rings. The predicted octanol–water partition coefficient (Wildman–Crippen LogP) is 3.76. The Hall–Kier alpha value is -1.70. The number of nitrogen functional groups attached to an aromatic ring is 1. The Morgan fingerprint density at radius 2 is 2.17 bits per heavy atom. The molecule has 128 valence electrons. The fourth-order valence-electron chi connectivity index (χ4n) is 3.04. The fraction of sp³-hybridized carbons (Fsp3) is 0.375. The maximum atomic E-state index is 6.57. The number of allylic oxidation sites excluding steroid dienone is 1. The first-order chi connectivity index (χ1) is 11.6. The lowest BCUT2D eigenvalue weighted by Gasteiger charge is -2.25. The second kappa shape index (κ2) is 7.46. The number of aryl methyl sites for hydroxylation is 1. The molecule has 0 saturated heterocycles. The van der Waals surface area contributed by atoms with Crippen molar-refractivity contribution in [3.63, 3.8) is 0 Å². The molecule has 1 aromatic carbocycles. The average Bonchev–Trinajstić information content (AvgIpc) is 2.93. The zero-order chi connectivity index (χ0) is 17.1. The summed E-state index contributed by atoms with van der Waals surface area (Å²) in [7, 11) is 1.96. The lowest BCUT2D eigenvalue weighted by Crippen LogP contribution is -2.13. The first-order valence-corrected chi connectivity index (χ1v) is 9.08. The molecule has 2 unspecified atom stereocenters. The van der Waals surface area contributed by atoms with Crippen LogP contribution in [0.25, 0.3) is 0 Å². The number of hydrogen-bond donors (Lipinski definition) is 4. The minimum atomic E-state index is 0.276. The third-order valence-corrected chi connectivity index (χ3v) is 5.30. The number of aromatic amines is 1. The van der Waals surface area contributed by atoms with Gasteiger partial charge in [0.1, 0.15) is 0 Å². The molecule has 2 atom stereocenters. The maximum Gasteiger partial charge on any atom is 0.248 e. The highest BCUT2D eigenvalue weighted by molar-refractivity contribution is 7.98. The van der Waals surface area contributed by atoms with Crippen molar-refractivity contribution in [3.05, 3.63) is 40.4 Å². The third kappa shape index (κ3) is 3.85. The zero-order valence-electron chi connectivity index (χ0n) is 13.6. The summed E-state index contributed by atoms with van der Waals surface area (Å²) < 4.78 is 3.15. The smallest absolute Gasteiger partial charge is 0.248 e. The van der Waals surface area contributed by atoms with E-state index in [0.29, 0.717) is 17.1 Å². The number of nitrogens with zero attached hydrogens (tertiary/aromatic N) is 2. The van der Waals surface area contributed by atoms with Crippen LogP contribution in [0.15, 0.2) is 24.3 Å². The van der Waals surface area contributed by atoms with Gasteiger partial charge in [0.25, 0.3) is 0 Å². The SMILES string of the molecule is CNSC1C=CC(c2c(C)cc(Nc3n[nH]c(N)n3)cc2Cl)CC1. The molecule has 0 fully saturated rings. The van der Waals surface area contributed by atoms with Crippen LogP contribution in [0.1, 0.15) is 29.9 Å². The number of benzene rings is 1. The number of rotatable bonds is 5. The van der Waals surface area contributed by atoms with E-state index in [1.54, 1.807) is 11.9 Å². The van der Waals surface area contributed by atoms with E-state index in [2.05, 4.69) is 50.4 Å². The largest absolute Gasteiger partial charge is 0.368 e. The van der Waals surface area contributed by atoms with Crippen molar-refractivity contribution < 1.29 is 0 Å². The molecule has 1 aliphatic carbocycles. The lowest BCUT2D eigenvalue weighted by atomic mass is 9.86. The van der Waals surface area contributed by atoms with E-state index in [4.69, 9.17) is 17.3 Å². The molecule has 0 bridgehead atoms. The monoisotopic (exact) mass is 364 g/mol. The summed E-state index contributed by atoms with van der Waals surface area (Å²) in [6.45, 7) is 2.08. The highest BCUT2D eigenvalue weighted by atomic mass is 35.5. The predicted molar refractivity (Wildman–Crippen MR) is 102 cm³/mol. The number of anilines is 3. The molecular formula is C16H21ClN6S. The molecule has 1 heterocycles. The van der Waals surface area contributed by atoms with Gasteiger partial charge in [-0.1, -0.05) is 35.7 Å². The average molecular weight is 365 g/mol. The zero-order valence-corrected chi connectivity index (χ0v) is 15.2. The number of aromatic nitrogens is 3. The molecule has 0 amide bonds. The van der Waals surface area contributed by atoms with Crippen molar-refractivity contribution in [2.45, 2.75) is 30.9 Å². The van der Waals surface area contributed by atoms with Gasteiger partial charge in [-0.3, -0.25) is 4.72 Å². The molecule has 0 saturated carbocycles. The van der Waals surface area contributed by atoms with Gasteiger partial charge in [0.2, 0.25) is 11.9 Å². The second-order valence-corrected chi connectivity index (χ2v) is 7.44. The van der Waals surface area contributed by atoms with Gasteiger partial charge in [-0.05, 0) is 50.1 Å². The van der Waals surface area contributed by atoms with Crippen LogP contribution in [0.5, 0.6) is 0 Å². The Morgan fingerprint density at radius 1 is 1.33 bits per heavy atom. The first kappa shape index (κ1) is 17.1. The summed E-state index contributed by atoms with van der Waals surface area (Å²) in [5.74, 6) is 1.07. The Morgan fingerprint density at radius 3 is 2.75 bits per heavy atom. The van der Waals surface area contributed by atoms with Crippen LogP contribution >= 0.6 is 23.5 Å². The molecular weight excluding hydrogens is 344 g/mol. The van der Waals surface area contributed by atoms with Gasteiger partial charge in [0, 0.05) is 21.9 Å². The van der Waals surface area contributed by atoms with E-state index < -0.39 is 0 Å². The second-order valence-electron chi connectivity index (χ2n) is 5.79. The topological polar surface area (TPSA) is 91.7 Å². The van der Waals surface area contributed by atoms with E-state index in [9.17, 15) is 0 Å². The van der Waals surface area contributed by atoms with Gasteiger partial charge in [-0.2, -0.15) is 4.98 Å². The van der Waals surface area contributed by atoms with E-state index in [0.717, 1.165) is 29.1 Å². The lowest BCUT2D eigenvalue weighted by molar-refractivity contribution is 0.659. The summed E-state index contributed by atoms with van der Waals surface area (Å²) in [5.41, 5.74) is 8.74. The van der Waals surface area contributed by atoms with Crippen molar-refractivity contribution in [1.82, 2.24) is 19.9 Å². The molecule has 0 aliphatic heterocycles. The van der Waals surface area contributed by atoms with E-state index in [1.165, 1.54) is 5.56 Å². The third-order valence-electron chi connectivity index (χ3n) is 4.06. The van der Waals surface area contributed by atoms with Gasteiger partial charge >= 0.3 is 0 Å². The van der Waals surface area contributed by atoms with Crippen molar-refractivity contribution in [2.24, 2.45) is 0 Å². The molecule has 0 radical (unpaired) electrons. The van der Waals surface area contributed by atoms with Gasteiger partial charge in [-0.25, -0.2) is 5.10 Å². The van der Waals surface area contributed by atoms with Gasteiger partial charge in [0.15, 0.2) is 0 Å². The van der Waals surface area contributed by atoms with E-state index in [-0.39, 0.29) is 5.95 Å². The maximum absolute atomic E-state index is 6.57. The number of hydrogen-bond acceptors (Lipinski definition) is 6. The van der Waals surface area contributed by atoms with Crippen LogP contribution in [0.3, 0.4) is 0 Å². The first-order valence-electron chi connectivity index (χ1n) is 7.82. The van der Waals surface area contributed by atoms with Crippen molar-refractivity contribution in [1.29, 1.82) is 0 Å². The number of nitrogens with two attached hydrogens (primary N) is 1. The highest BCUT2D eigenvalue weighted by Gasteiger charge is 2.21. The van der Waals surface area contributed by atoms with Crippen LogP contribution in [0.2, 0.25) is 5.02 Å². The summed E-state index contributed by atoms with van der Waals surface area (Å²) >= 11 is 8.33. The Balaban J connectivity index is 1.79. The normalized spacial score (nSPS) is 20.3. The summed E-state index contributed by atoms with van der Waals surface area (Å²) in [5, 5.41) is 11.0. The van der Waals surface area contributed by atoms with E-state index >= 15 is 0 Å². The summed E-state index contributed by atoms with van der Waals surface area (Å²) in [6.07, 6.45) is 6.78. The van der Waals surface area contributed by atoms with E-state index in [1.807, 2.05) is 13.1 Å². The standard InChI is InChI=1S/C16H21ClN6S/c1-9-7-11(20-16-21-15(18)22-23-16)8-13(17)14(9)10-3-5-12(6-4-10)24-19-2/h3,5,7-8,10,12,19H,4,6H2,1-2H3,(H4,18,20,21,22,23). The number of nitrogens with one attached hydrogen (secondary N) is 3. The molecule has 8 heteroatoms. The molecule has 5 N–H and O–H groups in total. The van der Waals surface area contributed by atoms with Crippen LogP contribution in [0, 0.1) is 6.92 Å². The summed E-state index contributed by atoms with van der Waals surface area (Å²) in [6, 6.07) is 3.98. The Kier molecular flexibility index (Phi) is 5.33. The molecule has 1 aromatic heterocycles.